The first kappa shape index (κ1) is 22.9. The molecule has 0 atom stereocenters. The van der Waals surface area contributed by atoms with Gasteiger partial charge in [-0.15, -0.1) is 0 Å². The number of halogens is 3. The number of benzene rings is 3. The molecule has 0 aliphatic rings. The summed E-state index contributed by atoms with van der Waals surface area (Å²) in [6.07, 6.45) is -6.07. The fourth-order valence-corrected chi connectivity index (χ4v) is 3.21. The maximum absolute atomic E-state index is 13.7. The Morgan fingerprint density at radius 3 is 2.21 bits per heavy atom. The molecular weight excluding hydrogens is 453 g/mol. The summed E-state index contributed by atoms with van der Waals surface area (Å²) in [4.78, 5) is 24.4. The highest BCUT2D eigenvalue weighted by molar-refractivity contribution is 5.80. The SMILES string of the molecule is CCOC(=O)Oc1ccc2c(=O)c(Oc3ccc(-c4ccccc4)cc3)c(C(F)(F)F)oc2c1. The van der Waals surface area contributed by atoms with Gasteiger partial charge in [-0.25, -0.2) is 4.79 Å². The van der Waals surface area contributed by atoms with Crippen molar-refractivity contribution in [2.75, 3.05) is 6.61 Å². The number of carbonyl (C=O) groups excluding carboxylic acids is 1. The summed E-state index contributed by atoms with van der Waals surface area (Å²) in [6.45, 7) is 1.61. The van der Waals surface area contributed by atoms with E-state index in [4.69, 9.17) is 13.9 Å². The standard InChI is InChI=1S/C25H17F3O6/c1-2-31-24(30)33-18-12-13-19-20(14-18)34-23(25(26,27)28)22(21(19)29)32-17-10-8-16(9-11-17)15-6-4-3-5-7-15/h3-14H,2H2,1H3. The Morgan fingerprint density at radius 2 is 1.56 bits per heavy atom. The number of hydrogen-bond acceptors (Lipinski definition) is 6. The molecule has 0 radical (unpaired) electrons. The summed E-state index contributed by atoms with van der Waals surface area (Å²) < 4.78 is 61.1. The van der Waals surface area contributed by atoms with Crippen molar-refractivity contribution in [1.82, 2.24) is 0 Å². The highest BCUT2D eigenvalue weighted by atomic mass is 19.4. The molecule has 0 fully saturated rings. The lowest BCUT2D eigenvalue weighted by molar-refractivity contribution is -0.154. The van der Waals surface area contributed by atoms with Gasteiger partial charge in [0.1, 0.15) is 17.1 Å². The predicted octanol–water partition coefficient (Wildman–Crippen LogP) is 6.81. The van der Waals surface area contributed by atoms with E-state index < -0.39 is 34.9 Å². The van der Waals surface area contributed by atoms with Crippen molar-refractivity contribution in [2.45, 2.75) is 13.1 Å². The molecule has 0 spiro atoms. The molecule has 0 bridgehead atoms. The highest BCUT2D eigenvalue weighted by Gasteiger charge is 2.40. The highest BCUT2D eigenvalue weighted by Crippen LogP contribution is 2.39. The number of rotatable bonds is 5. The number of ether oxygens (including phenoxy) is 3. The molecule has 1 aromatic heterocycles. The third-order valence-electron chi connectivity index (χ3n) is 4.72. The van der Waals surface area contributed by atoms with E-state index in [1.54, 1.807) is 19.1 Å². The molecule has 6 nitrogen and oxygen atoms in total. The zero-order chi connectivity index (χ0) is 24.3. The topological polar surface area (TPSA) is 75.0 Å². The van der Waals surface area contributed by atoms with Gasteiger partial charge in [0.25, 0.3) is 5.76 Å². The maximum atomic E-state index is 13.7. The van der Waals surface area contributed by atoms with Crippen molar-refractivity contribution in [3.05, 3.63) is 88.8 Å². The zero-order valence-electron chi connectivity index (χ0n) is 17.7. The Bertz CT molecular complexity index is 1380. The van der Waals surface area contributed by atoms with Crippen LogP contribution in [0.15, 0.2) is 82.0 Å². The van der Waals surface area contributed by atoms with Crippen molar-refractivity contribution in [3.8, 4) is 28.4 Å². The van der Waals surface area contributed by atoms with Crippen LogP contribution in [0, 0.1) is 0 Å². The quantitative estimate of drug-likeness (QED) is 0.236. The fraction of sp³-hybridized carbons (Fsp3) is 0.120. The van der Waals surface area contributed by atoms with Gasteiger partial charge in [0.05, 0.1) is 12.0 Å². The van der Waals surface area contributed by atoms with Crippen LogP contribution in [-0.4, -0.2) is 12.8 Å². The lowest BCUT2D eigenvalue weighted by Gasteiger charge is -2.14. The summed E-state index contributed by atoms with van der Waals surface area (Å²) in [5.41, 5.74) is 0.286. The van der Waals surface area contributed by atoms with Crippen molar-refractivity contribution < 1.29 is 36.6 Å². The van der Waals surface area contributed by atoms with E-state index in [0.717, 1.165) is 17.2 Å². The Kier molecular flexibility index (Phi) is 6.27. The van der Waals surface area contributed by atoms with E-state index in [9.17, 15) is 22.8 Å². The van der Waals surface area contributed by atoms with Crippen LogP contribution in [0.5, 0.6) is 17.2 Å². The molecule has 0 unspecified atom stereocenters. The number of carbonyl (C=O) groups is 1. The van der Waals surface area contributed by atoms with Crippen molar-refractivity contribution in [1.29, 1.82) is 0 Å². The van der Waals surface area contributed by atoms with Gasteiger partial charge < -0.3 is 18.6 Å². The van der Waals surface area contributed by atoms with Crippen LogP contribution in [0.2, 0.25) is 0 Å². The van der Waals surface area contributed by atoms with Crippen molar-refractivity contribution in [3.63, 3.8) is 0 Å². The van der Waals surface area contributed by atoms with E-state index in [1.807, 2.05) is 30.3 Å². The van der Waals surface area contributed by atoms with Crippen LogP contribution < -0.4 is 14.9 Å². The molecule has 0 N–H and O–H groups in total. The third-order valence-corrected chi connectivity index (χ3v) is 4.72. The van der Waals surface area contributed by atoms with Gasteiger partial charge >= 0.3 is 12.3 Å². The lowest BCUT2D eigenvalue weighted by Crippen LogP contribution is -2.15. The monoisotopic (exact) mass is 470 g/mol. The molecule has 174 valence electrons. The van der Waals surface area contributed by atoms with Crippen LogP contribution in [-0.2, 0) is 10.9 Å². The number of alkyl halides is 3. The Morgan fingerprint density at radius 1 is 0.912 bits per heavy atom. The summed E-state index contributed by atoms with van der Waals surface area (Å²) in [5, 5.41) is -0.180. The first-order valence-corrected chi connectivity index (χ1v) is 10.1. The second-order valence-corrected chi connectivity index (χ2v) is 7.02. The number of fused-ring (bicyclic) bond motifs is 1. The molecule has 34 heavy (non-hydrogen) atoms. The average molecular weight is 470 g/mol. The van der Waals surface area contributed by atoms with Crippen molar-refractivity contribution >= 4 is 17.1 Å². The van der Waals surface area contributed by atoms with Crippen LogP contribution in [0.3, 0.4) is 0 Å². The smallest absolute Gasteiger partial charge is 0.449 e. The van der Waals surface area contributed by atoms with Crippen LogP contribution in [0.25, 0.3) is 22.1 Å². The molecule has 9 heteroatoms. The van der Waals surface area contributed by atoms with E-state index in [-0.39, 0.29) is 23.5 Å². The minimum Gasteiger partial charge on any atom is -0.449 e. The van der Waals surface area contributed by atoms with Gasteiger partial charge in [-0.1, -0.05) is 42.5 Å². The molecule has 0 saturated heterocycles. The maximum Gasteiger partial charge on any atom is 0.513 e. The molecule has 0 amide bonds. The molecule has 1 heterocycles. The Hall–Kier alpha value is -4.27. The summed E-state index contributed by atoms with van der Waals surface area (Å²) in [6, 6.07) is 19.0. The van der Waals surface area contributed by atoms with Crippen LogP contribution in [0.1, 0.15) is 12.7 Å². The summed E-state index contributed by atoms with van der Waals surface area (Å²) in [7, 11) is 0. The predicted molar refractivity (Wildman–Crippen MR) is 117 cm³/mol. The van der Waals surface area contributed by atoms with Gasteiger partial charge in [-0.3, -0.25) is 4.79 Å². The van der Waals surface area contributed by atoms with Crippen LogP contribution in [0.4, 0.5) is 18.0 Å². The van der Waals surface area contributed by atoms with Gasteiger partial charge in [-0.05, 0) is 42.3 Å². The second kappa shape index (κ2) is 9.30. The molecule has 0 aliphatic carbocycles. The molecule has 0 saturated carbocycles. The number of hydrogen-bond donors (Lipinski definition) is 0. The second-order valence-electron chi connectivity index (χ2n) is 7.02. The van der Waals surface area contributed by atoms with Crippen LogP contribution >= 0.6 is 0 Å². The lowest BCUT2D eigenvalue weighted by atomic mass is 10.1. The molecule has 4 rings (SSSR count). The summed E-state index contributed by atoms with van der Waals surface area (Å²) in [5.74, 6) is -2.72. The van der Waals surface area contributed by atoms with Gasteiger partial charge in [0.15, 0.2) is 0 Å². The molecule has 3 aromatic carbocycles. The van der Waals surface area contributed by atoms with Gasteiger partial charge in [0.2, 0.25) is 11.2 Å². The minimum absolute atomic E-state index is 0.0269. The molecular formula is C25H17F3O6. The van der Waals surface area contributed by atoms with E-state index in [1.165, 1.54) is 24.3 Å². The van der Waals surface area contributed by atoms with E-state index >= 15 is 0 Å². The normalized spacial score (nSPS) is 11.3. The average Bonchev–Trinajstić information content (AvgIpc) is 2.81. The molecule has 0 aliphatic heterocycles. The van der Waals surface area contributed by atoms with Gasteiger partial charge in [0, 0.05) is 6.07 Å². The van der Waals surface area contributed by atoms with Gasteiger partial charge in [-0.2, -0.15) is 13.2 Å². The Balaban J connectivity index is 1.72. The first-order chi connectivity index (χ1) is 16.3. The Labute approximate surface area is 191 Å². The molecule has 4 aromatic rings. The first-order valence-electron chi connectivity index (χ1n) is 10.1. The zero-order valence-corrected chi connectivity index (χ0v) is 17.7. The minimum atomic E-state index is -5.02. The third kappa shape index (κ3) is 4.88. The fourth-order valence-electron chi connectivity index (χ4n) is 3.21. The van der Waals surface area contributed by atoms with Crippen molar-refractivity contribution in [2.24, 2.45) is 0 Å². The van der Waals surface area contributed by atoms with E-state index in [2.05, 4.69) is 4.74 Å². The van der Waals surface area contributed by atoms with E-state index in [0.29, 0.717) is 0 Å². The largest absolute Gasteiger partial charge is 0.513 e. The summed E-state index contributed by atoms with van der Waals surface area (Å²) >= 11 is 0.